The van der Waals surface area contributed by atoms with Crippen molar-refractivity contribution in [1.82, 2.24) is 0 Å². The fraction of sp³-hybridized carbons (Fsp3) is 0.867. The molecule has 1 fully saturated rings. The molecule has 0 radical (unpaired) electrons. The second-order valence-electron chi connectivity index (χ2n) is 5.79. The fourth-order valence-corrected chi connectivity index (χ4v) is 2.28. The van der Waals surface area contributed by atoms with E-state index in [1.165, 1.54) is 32.1 Å². The average molecular weight is 270 g/mol. The maximum atomic E-state index is 12.0. The molecular formula is C15H26O4. The molecule has 0 aromatic rings. The molecule has 0 unspecified atom stereocenters. The molecule has 0 saturated heterocycles. The smallest absolute Gasteiger partial charge is 0.319 e. The Labute approximate surface area is 115 Å². The van der Waals surface area contributed by atoms with E-state index in [0.717, 1.165) is 0 Å². The molecule has 4 nitrogen and oxygen atoms in total. The molecule has 1 rings (SSSR count). The number of hydrogen-bond donors (Lipinski definition) is 0. The highest BCUT2D eigenvalue weighted by molar-refractivity contribution is 6.03. The van der Waals surface area contributed by atoms with E-state index in [1.54, 1.807) is 20.8 Å². The summed E-state index contributed by atoms with van der Waals surface area (Å²) in [6.07, 6.45) is 6.21. The van der Waals surface area contributed by atoms with Crippen molar-refractivity contribution < 1.29 is 19.1 Å². The predicted molar refractivity (Wildman–Crippen MR) is 72.8 cm³/mol. The first-order chi connectivity index (χ1) is 8.98. The molecule has 1 aliphatic rings. The van der Waals surface area contributed by atoms with Crippen LogP contribution in [0.25, 0.3) is 0 Å². The average Bonchev–Trinajstić information content (AvgIpc) is 2.40. The van der Waals surface area contributed by atoms with Gasteiger partial charge in [0.2, 0.25) is 0 Å². The Morgan fingerprint density at radius 3 is 2.37 bits per heavy atom. The molecule has 4 heteroatoms. The van der Waals surface area contributed by atoms with E-state index >= 15 is 0 Å². The first kappa shape index (κ1) is 16.2. The first-order valence-electron chi connectivity index (χ1n) is 7.26. The Morgan fingerprint density at radius 2 is 1.79 bits per heavy atom. The monoisotopic (exact) mass is 270 g/mol. The summed E-state index contributed by atoms with van der Waals surface area (Å²) in [5.74, 6) is -0.102. The van der Waals surface area contributed by atoms with E-state index < -0.39 is 11.4 Å². The van der Waals surface area contributed by atoms with Gasteiger partial charge in [0.1, 0.15) is 12.0 Å². The van der Waals surface area contributed by atoms with E-state index in [1.807, 2.05) is 0 Å². The summed E-state index contributed by atoms with van der Waals surface area (Å²) < 4.78 is 10.4. The van der Waals surface area contributed by atoms with Crippen LogP contribution >= 0.6 is 0 Å². The third-order valence-electron chi connectivity index (χ3n) is 3.79. The van der Waals surface area contributed by atoms with Crippen molar-refractivity contribution >= 4 is 11.8 Å². The number of esters is 1. The highest BCUT2D eigenvalue weighted by atomic mass is 16.5. The van der Waals surface area contributed by atoms with E-state index in [2.05, 4.69) is 0 Å². The van der Waals surface area contributed by atoms with Crippen LogP contribution in [0.15, 0.2) is 0 Å². The number of ketones is 1. The molecule has 0 amide bonds. The summed E-state index contributed by atoms with van der Waals surface area (Å²) in [4.78, 5) is 23.7. The van der Waals surface area contributed by atoms with Crippen molar-refractivity contribution in [3.8, 4) is 0 Å². The maximum Gasteiger partial charge on any atom is 0.319 e. The van der Waals surface area contributed by atoms with Gasteiger partial charge in [0.15, 0.2) is 5.78 Å². The maximum absolute atomic E-state index is 12.0. The molecule has 1 aliphatic carbocycles. The van der Waals surface area contributed by atoms with Gasteiger partial charge in [-0.2, -0.15) is 0 Å². The highest BCUT2D eigenvalue weighted by Gasteiger charge is 2.37. The van der Waals surface area contributed by atoms with Gasteiger partial charge in [-0.05, 0) is 39.5 Å². The van der Waals surface area contributed by atoms with E-state index in [-0.39, 0.29) is 12.4 Å². The third-order valence-corrected chi connectivity index (χ3v) is 3.79. The van der Waals surface area contributed by atoms with Crippen molar-refractivity contribution in [1.29, 1.82) is 0 Å². The van der Waals surface area contributed by atoms with Crippen molar-refractivity contribution in [3.63, 3.8) is 0 Å². The second kappa shape index (κ2) is 7.63. The molecule has 0 aliphatic heterocycles. The lowest BCUT2D eigenvalue weighted by atomic mass is 9.88. The van der Waals surface area contributed by atoms with Crippen LogP contribution in [0.2, 0.25) is 0 Å². The van der Waals surface area contributed by atoms with Gasteiger partial charge in [-0.1, -0.05) is 19.3 Å². The second-order valence-corrected chi connectivity index (χ2v) is 5.79. The quantitative estimate of drug-likeness (QED) is 0.527. The van der Waals surface area contributed by atoms with E-state index in [4.69, 9.17) is 9.47 Å². The first-order valence-corrected chi connectivity index (χ1v) is 7.26. The predicted octanol–water partition coefficient (Wildman–Crippen LogP) is 2.74. The SMILES string of the molecule is CCOC(=O)C(C)(C)C(=O)COCC1CCCCC1. The zero-order chi connectivity index (χ0) is 14.3. The van der Waals surface area contributed by atoms with Crippen LogP contribution in [-0.2, 0) is 19.1 Å². The topological polar surface area (TPSA) is 52.6 Å². The minimum atomic E-state index is -1.11. The Kier molecular flexibility index (Phi) is 6.49. The van der Waals surface area contributed by atoms with Gasteiger partial charge < -0.3 is 9.47 Å². The molecule has 0 bridgehead atoms. The number of rotatable bonds is 7. The highest BCUT2D eigenvalue weighted by Crippen LogP contribution is 2.24. The molecule has 0 aromatic carbocycles. The van der Waals surface area contributed by atoms with Crippen molar-refractivity contribution in [2.75, 3.05) is 19.8 Å². The summed E-state index contributed by atoms with van der Waals surface area (Å²) in [5, 5.41) is 0. The third kappa shape index (κ3) is 4.94. The van der Waals surface area contributed by atoms with Gasteiger partial charge in [0, 0.05) is 6.61 Å². The lowest BCUT2D eigenvalue weighted by Gasteiger charge is -2.23. The summed E-state index contributed by atoms with van der Waals surface area (Å²) in [7, 11) is 0. The molecule has 19 heavy (non-hydrogen) atoms. The molecule has 0 atom stereocenters. The van der Waals surface area contributed by atoms with Crippen LogP contribution < -0.4 is 0 Å². The summed E-state index contributed by atoms with van der Waals surface area (Å²) in [6, 6.07) is 0. The number of hydrogen-bond acceptors (Lipinski definition) is 4. The molecule has 0 aromatic heterocycles. The van der Waals surface area contributed by atoms with Gasteiger partial charge in [-0.3, -0.25) is 9.59 Å². The molecular weight excluding hydrogens is 244 g/mol. The lowest BCUT2D eigenvalue weighted by molar-refractivity contribution is -0.159. The van der Waals surface area contributed by atoms with Crippen molar-refractivity contribution in [2.24, 2.45) is 11.3 Å². The van der Waals surface area contributed by atoms with Crippen LogP contribution in [0.5, 0.6) is 0 Å². The standard InChI is InChI=1S/C15H26O4/c1-4-19-14(17)15(2,3)13(16)11-18-10-12-8-6-5-7-9-12/h12H,4-11H2,1-3H3. The van der Waals surface area contributed by atoms with Gasteiger partial charge in [-0.25, -0.2) is 0 Å². The van der Waals surface area contributed by atoms with Crippen LogP contribution in [0.4, 0.5) is 0 Å². The molecule has 0 N–H and O–H groups in total. The number of ether oxygens (including phenoxy) is 2. The Bertz CT molecular complexity index is 303. The van der Waals surface area contributed by atoms with Gasteiger partial charge in [0.05, 0.1) is 6.61 Å². The van der Waals surface area contributed by atoms with Gasteiger partial charge >= 0.3 is 5.97 Å². The fourth-order valence-electron chi connectivity index (χ4n) is 2.28. The zero-order valence-corrected chi connectivity index (χ0v) is 12.4. The van der Waals surface area contributed by atoms with E-state index in [0.29, 0.717) is 19.1 Å². The lowest BCUT2D eigenvalue weighted by Crippen LogP contribution is -2.38. The van der Waals surface area contributed by atoms with Crippen LogP contribution in [-0.4, -0.2) is 31.6 Å². The molecule has 0 spiro atoms. The Balaban J connectivity index is 2.31. The van der Waals surface area contributed by atoms with Gasteiger partial charge in [-0.15, -0.1) is 0 Å². The molecule has 1 saturated carbocycles. The van der Waals surface area contributed by atoms with Crippen LogP contribution in [0.3, 0.4) is 0 Å². The molecule has 0 heterocycles. The zero-order valence-electron chi connectivity index (χ0n) is 12.4. The summed E-state index contributed by atoms with van der Waals surface area (Å²) in [6.45, 7) is 5.85. The number of carbonyl (C=O) groups is 2. The largest absolute Gasteiger partial charge is 0.465 e. The normalized spacial score (nSPS) is 17.2. The molecule has 110 valence electrons. The van der Waals surface area contributed by atoms with Gasteiger partial charge in [0.25, 0.3) is 0 Å². The summed E-state index contributed by atoms with van der Waals surface area (Å²) in [5.41, 5.74) is -1.11. The van der Waals surface area contributed by atoms with Crippen LogP contribution in [0, 0.1) is 11.3 Å². The van der Waals surface area contributed by atoms with Crippen molar-refractivity contribution in [2.45, 2.75) is 52.9 Å². The number of Topliss-reactive ketones (excluding diaryl/α,β-unsaturated/α-hetero) is 1. The number of carbonyl (C=O) groups excluding carboxylic acids is 2. The van der Waals surface area contributed by atoms with E-state index in [9.17, 15) is 9.59 Å². The Hall–Kier alpha value is -0.900. The Morgan fingerprint density at radius 1 is 1.16 bits per heavy atom. The van der Waals surface area contributed by atoms with Crippen molar-refractivity contribution in [3.05, 3.63) is 0 Å². The minimum absolute atomic E-state index is 0.00230. The summed E-state index contributed by atoms with van der Waals surface area (Å²) >= 11 is 0. The van der Waals surface area contributed by atoms with Crippen LogP contribution in [0.1, 0.15) is 52.9 Å². The minimum Gasteiger partial charge on any atom is -0.465 e.